The van der Waals surface area contributed by atoms with E-state index in [-0.39, 0.29) is 57.9 Å². The topological polar surface area (TPSA) is 67.7 Å². The van der Waals surface area contributed by atoms with Crippen LogP contribution in [0.3, 0.4) is 0 Å². The van der Waals surface area contributed by atoms with Crippen LogP contribution in [0.25, 0.3) is 5.32 Å². The van der Waals surface area contributed by atoms with Crippen LogP contribution < -0.4 is 62.0 Å². The van der Waals surface area contributed by atoms with Crippen LogP contribution in [-0.4, -0.2) is 85.4 Å². The summed E-state index contributed by atoms with van der Waals surface area (Å²) >= 11 is 0. The number of benzene rings is 1. The summed E-state index contributed by atoms with van der Waals surface area (Å²) in [6, 6.07) is 9.82. The molecule has 0 bridgehead atoms. The number of nitrogens with zero attached hydrogens (tertiary/aromatic N) is 2. The molecule has 6 nitrogen and oxygen atoms in total. The molecule has 1 unspecified atom stereocenters. The Morgan fingerprint density at radius 1 is 0.887 bits per heavy atom. The van der Waals surface area contributed by atoms with Crippen molar-refractivity contribution in [3.8, 4) is 0 Å². The summed E-state index contributed by atoms with van der Waals surface area (Å²) in [6.07, 6.45) is 6.19. The van der Waals surface area contributed by atoms with Gasteiger partial charge in [0.1, 0.15) is 6.79 Å². The first kappa shape index (κ1) is 73.1. The fraction of sp³-hybridized carbons (Fsp3) is 0.651. The molecule has 0 aromatic heterocycles. The number of rotatable bonds is 15. The number of methoxy groups -OCH3 is 1. The Balaban J connectivity index is -0.0000000790. The zero-order valence-electron chi connectivity index (χ0n) is 38.0. The van der Waals surface area contributed by atoms with Crippen molar-refractivity contribution >= 4 is 6.79 Å². The number of hydrogen-bond acceptors (Lipinski definition) is 5. The molecule has 0 aliphatic rings. The predicted molar refractivity (Wildman–Crippen MR) is 231 cm³/mol. The summed E-state index contributed by atoms with van der Waals surface area (Å²) in [5.41, 5.74) is 2.88. The molecule has 1 rings (SSSR count). The summed E-state index contributed by atoms with van der Waals surface area (Å²) in [5, 5.41) is 9.69. The number of hydrogen-bond donors (Lipinski definition) is 2. The van der Waals surface area contributed by atoms with Crippen LogP contribution in [-0.2, 0) is 14.9 Å². The number of carbonyl (C=O) groups is 1. The first-order valence-corrected chi connectivity index (χ1v) is 18.9. The summed E-state index contributed by atoms with van der Waals surface area (Å²) < 4.78 is 42.1. The second-order valence-corrected chi connectivity index (χ2v) is 9.93. The van der Waals surface area contributed by atoms with E-state index in [2.05, 4.69) is 59.5 Å². The Morgan fingerprint density at radius 2 is 1.32 bits per heavy atom. The van der Waals surface area contributed by atoms with Gasteiger partial charge in [-0.1, -0.05) is 130 Å². The van der Waals surface area contributed by atoms with Crippen molar-refractivity contribution in [1.29, 1.82) is 0 Å². The van der Waals surface area contributed by atoms with Crippen LogP contribution in [0.4, 0.5) is 13.2 Å². The number of carbonyl (C=O) groups excluding carboxylic acids is 1. The average Bonchev–Trinajstić information content (AvgIpc) is 3.18. The number of alkyl halides is 3. The van der Waals surface area contributed by atoms with E-state index in [4.69, 9.17) is 4.79 Å². The Labute approximate surface area is 371 Å². The molecule has 1 aromatic carbocycles. The van der Waals surface area contributed by atoms with Gasteiger partial charge in [-0.2, -0.15) is 26.8 Å². The maximum atomic E-state index is 12.6. The Bertz CT molecular complexity index is 854. The largest absolute Gasteiger partial charge is 1.00 e. The van der Waals surface area contributed by atoms with Crippen molar-refractivity contribution in [1.82, 2.24) is 15.5 Å². The van der Waals surface area contributed by atoms with Gasteiger partial charge in [0.05, 0.1) is 6.54 Å². The molecule has 0 heterocycles. The van der Waals surface area contributed by atoms with Crippen molar-refractivity contribution in [2.75, 3.05) is 67.6 Å². The van der Waals surface area contributed by atoms with E-state index in [0.29, 0.717) is 0 Å². The van der Waals surface area contributed by atoms with Gasteiger partial charge in [0, 0.05) is 46.3 Å². The smallest absolute Gasteiger partial charge is 0.665 e. The molecule has 53 heavy (non-hydrogen) atoms. The molecule has 1 aromatic rings. The number of nitrogens with one attached hydrogen (secondary N) is 2. The van der Waals surface area contributed by atoms with Gasteiger partial charge < -0.3 is 30.4 Å². The van der Waals surface area contributed by atoms with Crippen molar-refractivity contribution in [2.24, 2.45) is 0 Å². The molecule has 2 N–H and O–H groups in total. The van der Waals surface area contributed by atoms with E-state index in [9.17, 15) is 13.2 Å². The number of allylic oxidation sites excluding steroid dienone is 4. The number of halogens is 3. The SMILES string of the molecule is C/C=C\C(=C(\C)CC)C(CC)(CNCC(F)(F)F)c1ccccc1.C=CC.C=CN(C)CCNCCC.C=O.CC.CC.CC.CC[N-]C.COC.[K+]. The van der Waals surface area contributed by atoms with Gasteiger partial charge in [0.2, 0.25) is 0 Å². The Hall–Kier alpha value is -1.08. The van der Waals surface area contributed by atoms with Crippen molar-refractivity contribution < 1.29 is 74.1 Å². The zero-order valence-corrected chi connectivity index (χ0v) is 41.1. The zero-order chi connectivity index (χ0) is 42.9. The molecule has 312 valence electrons. The maximum Gasteiger partial charge on any atom is 1.00 e. The molecule has 0 fully saturated rings. The van der Waals surface area contributed by atoms with Gasteiger partial charge >= 0.3 is 57.6 Å². The van der Waals surface area contributed by atoms with E-state index in [1.54, 1.807) is 27.3 Å². The van der Waals surface area contributed by atoms with Gasteiger partial charge in [-0.05, 0) is 63.9 Å². The third-order valence-electron chi connectivity index (χ3n) is 6.22. The number of ether oxygens (including phenoxy) is 1. The van der Waals surface area contributed by atoms with E-state index in [1.807, 2.05) is 132 Å². The molecule has 1 atom stereocenters. The Kier molecular flexibility index (Phi) is 86.7. The molecule has 10 heteroatoms. The molecule has 0 aliphatic carbocycles. The van der Waals surface area contributed by atoms with Gasteiger partial charge in [0.25, 0.3) is 0 Å². The predicted octanol–water partition coefficient (Wildman–Crippen LogP) is 9.21. The second kappa shape index (κ2) is 62.9. The van der Waals surface area contributed by atoms with Gasteiger partial charge in [-0.3, -0.25) is 0 Å². The van der Waals surface area contributed by atoms with Gasteiger partial charge in [-0.25, -0.2) is 0 Å². The fourth-order valence-electron chi connectivity index (χ4n) is 3.76. The molecule has 0 spiro atoms. The van der Waals surface area contributed by atoms with Crippen molar-refractivity contribution in [3.05, 3.63) is 89.9 Å². The van der Waals surface area contributed by atoms with Crippen LogP contribution >= 0.6 is 0 Å². The third-order valence-corrected chi connectivity index (χ3v) is 6.22. The second-order valence-electron chi connectivity index (χ2n) is 9.93. The van der Waals surface area contributed by atoms with Crippen LogP contribution in [0.2, 0.25) is 0 Å². The number of likely N-dealkylation sites (N-methyl/N-ethyl adjacent to an activating group) is 1. The summed E-state index contributed by atoms with van der Waals surface area (Å²) in [7, 11) is 7.08. The molecular formula is C43H86F3KN4O2. The normalized spacial score (nSPS) is 10.6. The monoisotopic (exact) mass is 787 g/mol. The quantitative estimate of drug-likeness (QED) is 0.0804. The van der Waals surface area contributed by atoms with E-state index < -0.39 is 18.1 Å². The summed E-state index contributed by atoms with van der Waals surface area (Å²) in [5.74, 6) is 0. The molecule has 0 aliphatic heterocycles. The van der Waals surface area contributed by atoms with E-state index in [0.717, 1.165) is 50.2 Å². The first-order chi connectivity index (χ1) is 24.9. The minimum Gasteiger partial charge on any atom is -0.665 e. The van der Waals surface area contributed by atoms with Gasteiger partial charge in [-0.15, -0.1) is 6.58 Å². The maximum absolute atomic E-state index is 12.6. The Morgan fingerprint density at radius 3 is 1.62 bits per heavy atom. The van der Waals surface area contributed by atoms with E-state index >= 15 is 0 Å². The van der Waals surface area contributed by atoms with Crippen molar-refractivity contribution in [2.45, 2.75) is 121 Å². The van der Waals surface area contributed by atoms with Crippen LogP contribution in [0.15, 0.2) is 79.1 Å². The van der Waals surface area contributed by atoms with Crippen LogP contribution in [0, 0.1) is 0 Å². The third kappa shape index (κ3) is 53.1. The molecule has 0 amide bonds. The minimum atomic E-state index is -4.21. The minimum absolute atomic E-state index is 0. The van der Waals surface area contributed by atoms with Gasteiger partial charge in [0.15, 0.2) is 0 Å². The molecule has 0 saturated carbocycles. The average molecular weight is 787 g/mol. The van der Waals surface area contributed by atoms with Crippen LogP contribution in [0.1, 0.15) is 115 Å². The standard InChI is InChI=1S/C20H28F3N.C8H18N2.C3H8N.C3H6.C2H6O.3C2H6.CH2O.K/c1-5-11-18(16(4)6-2)19(7-3,14-24-15-20(21,22)23)17-12-9-8-10-13-17;1-4-6-9-7-8-10(3)5-2;1-3-4-2;2*1-3-2;4*1-2;/h5,8-13,24H,6-7,14-15H2,1-4H3;5,9H,2,4,6-8H2,1,3H3;3H2,1-2H3;3H,1H2,2H3;1-2H3;3*1-2H3;1H2;/q;;-1;;;;;;;+1/b11-5-,18-16+;;;;;;;;;. The summed E-state index contributed by atoms with van der Waals surface area (Å²) in [6.45, 7) is 38.6. The van der Waals surface area contributed by atoms with E-state index in [1.165, 1.54) is 12.0 Å². The molecule has 0 radical (unpaired) electrons. The molecular weight excluding hydrogens is 701 g/mol. The fourth-order valence-corrected chi connectivity index (χ4v) is 3.76. The summed E-state index contributed by atoms with van der Waals surface area (Å²) in [4.78, 5) is 10.1. The first-order valence-electron chi connectivity index (χ1n) is 18.9. The van der Waals surface area contributed by atoms with Crippen molar-refractivity contribution in [3.63, 3.8) is 0 Å². The molecule has 0 saturated heterocycles. The van der Waals surface area contributed by atoms with Crippen LogP contribution in [0.5, 0.6) is 0 Å².